The van der Waals surface area contributed by atoms with Gasteiger partial charge in [-0.2, -0.15) is 0 Å². The second-order valence-electron chi connectivity index (χ2n) is 12.6. The molecule has 0 radical (unpaired) electrons. The molecule has 0 amide bonds. The van der Waals surface area contributed by atoms with Crippen LogP contribution in [0.3, 0.4) is 0 Å². The lowest BCUT2D eigenvalue weighted by Gasteiger charge is -2.33. The molecule has 0 saturated carbocycles. The lowest BCUT2D eigenvalue weighted by molar-refractivity contribution is 0.284. The number of aromatic nitrogens is 1. The van der Waals surface area contributed by atoms with Gasteiger partial charge in [-0.15, -0.1) is 0 Å². The number of hydrogen-bond acceptors (Lipinski definition) is 3. The van der Waals surface area contributed by atoms with Crippen molar-refractivity contribution in [2.75, 3.05) is 0 Å². The average Bonchev–Trinajstić information content (AvgIpc) is 2.86. The predicted molar refractivity (Wildman–Crippen MR) is 171 cm³/mol. The zero-order valence-corrected chi connectivity index (χ0v) is 25.2. The van der Waals surface area contributed by atoms with Gasteiger partial charge in [-0.3, -0.25) is 0 Å². The number of nitrogens with zero attached hydrogens (tertiary/aromatic N) is 1. The summed E-state index contributed by atoms with van der Waals surface area (Å²) in [4.78, 5) is 4.27. The third-order valence-corrected chi connectivity index (χ3v) is 6.52. The van der Waals surface area contributed by atoms with Crippen LogP contribution in [0.4, 0.5) is 0 Å². The standard InChI is InChI=1S/C20H27NO.C16H18O.CH4/c1-15-7-12-18(21-13-15)22-17-10-8-16(9-11-17)20(5,6)14-19(2,3)4;1-12(2)14-6-10-16(11-7-14)17-15-8-4-13(3)5-9-15;/h7-13H,14H2,1-6H3;4-12H,1-3H3;1H4. The molecule has 3 nitrogen and oxygen atoms in total. The van der Waals surface area contributed by atoms with Crippen molar-refractivity contribution < 1.29 is 9.47 Å². The van der Waals surface area contributed by atoms with E-state index in [-0.39, 0.29) is 12.8 Å². The van der Waals surface area contributed by atoms with Crippen LogP contribution in [0.2, 0.25) is 0 Å². The van der Waals surface area contributed by atoms with Crippen molar-refractivity contribution in [3.63, 3.8) is 0 Å². The Balaban J connectivity index is 0.000000282. The minimum absolute atomic E-state index is 0. The van der Waals surface area contributed by atoms with E-state index in [2.05, 4.69) is 96.8 Å². The molecule has 0 N–H and O–H groups in total. The summed E-state index contributed by atoms with van der Waals surface area (Å²) >= 11 is 0. The molecule has 40 heavy (non-hydrogen) atoms. The summed E-state index contributed by atoms with van der Waals surface area (Å²) in [5, 5.41) is 0. The summed E-state index contributed by atoms with van der Waals surface area (Å²) in [5.41, 5.74) is 5.51. The van der Waals surface area contributed by atoms with E-state index in [9.17, 15) is 0 Å². The van der Waals surface area contributed by atoms with Crippen molar-refractivity contribution >= 4 is 0 Å². The molecule has 4 aromatic rings. The van der Waals surface area contributed by atoms with Crippen molar-refractivity contribution in [3.05, 3.63) is 113 Å². The highest BCUT2D eigenvalue weighted by Gasteiger charge is 2.27. The van der Waals surface area contributed by atoms with Crippen LogP contribution >= 0.6 is 0 Å². The molecular formula is C37H49NO2. The van der Waals surface area contributed by atoms with Crippen LogP contribution in [0.5, 0.6) is 23.1 Å². The van der Waals surface area contributed by atoms with Crippen LogP contribution in [0.25, 0.3) is 0 Å². The van der Waals surface area contributed by atoms with Crippen LogP contribution in [0, 0.1) is 19.3 Å². The number of rotatable bonds is 7. The number of ether oxygens (including phenoxy) is 2. The lowest BCUT2D eigenvalue weighted by Crippen LogP contribution is -2.24. The molecule has 3 aromatic carbocycles. The number of benzene rings is 3. The smallest absolute Gasteiger partial charge is 0.219 e. The summed E-state index contributed by atoms with van der Waals surface area (Å²) in [5.74, 6) is 3.79. The molecule has 0 aliphatic rings. The molecule has 1 aromatic heterocycles. The molecular weight excluding hydrogens is 490 g/mol. The average molecular weight is 540 g/mol. The van der Waals surface area contributed by atoms with E-state index < -0.39 is 0 Å². The first kappa shape index (κ1) is 32.6. The van der Waals surface area contributed by atoms with Crippen molar-refractivity contribution in [3.8, 4) is 23.1 Å². The predicted octanol–water partition coefficient (Wildman–Crippen LogP) is 11.4. The molecule has 3 heteroatoms. The Labute approximate surface area is 243 Å². The maximum Gasteiger partial charge on any atom is 0.219 e. The van der Waals surface area contributed by atoms with Crippen molar-refractivity contribution in [2.45, 2.75) is 87.5 Å². The van der Waals surface area contributed by atoms with E-state index in [1.807, 2.05) is 61.7 Å². The van der Waals surface area contributed by atoms with E-state index >= 15 is 0 Å². The Kier molecular flexibility index (Phi) is 11.5. The van der Waals surface area contributed by atoms with Crippen LogP contribution in [-0.2, 0) is 5.41 Å². The molecule has 0 fully saturated rings. The highest BCUT2D eigenvalue weighted by Crippen LogP contribution is 2.37. The Morgan fingerprint density at radius 1 is 0.625 bits per heavy atom. The molecule has 0 saturated heterocycles. The van der Waals surface area contributed by atoms with Crippen LogP contribution < -0.4 is 9.47 Å². The van der Waals surface area contributed by atoms with Gasteiger partial charge in [0.1, 0.15) is 17.2 Å². The molecule has 4 rings (SSSR count). The van der Waals surface area contributed by atoms with E-state index in [4.69, 9.17) is 9.47 Å². The molecule has 0 aliphatic heterocycles. The first-order valence-electron chi connectivity index (χ1n) is 13.9. The van der Waals surface area contributed by atoms with Crippen molar-refractivity contribution in [2.24, 2.45) is 5.41 Å². The van der Waals surface area contributed by atoms with Gasteiger partial charge in [0.05, 0.1) is 0 Å². The van der Waals surface area contributed by atoms with E-state index in [1.165, 1.54) is 16.7 Å². The van der Waals surface area contributed by atoms with Gasteiger partial charge >= 0.3 is 0 Å². The summed E-state index contributed by atoms with van der Waals surface area (Å²) < 4.78 is 11.6. The summed E-state index contributed by atoms with van der Waals surface area (Å²) in [6.45, 7) is 19.9. The van der Waals surface area contributed by atoms with Gasteiger partial charge in [-0.25, -0.2) is 4.98 Å². The van der Waals surface area contributed by atoms with Gasteiger partial charge in [0.2, 0.25) is 5.88 Å². The Bertz CT molecular complexity index is 1280. The Hall–Kier alpha value is -3.59. The normalized spacial score (nSPS) is 11.2. The fourth-order valence-corrected chi connectivity index (χ4v) is 4.70. The van der Waals surface area contributed by atoms with Crippen molar-refractivity contribution in [1.82, 2.24) is 4.98 Å². The fraction of sp³-hybridized carbons (Fsp3) is 0.378. The number of hydrogen-bond donors (Lipinski definition) is 0. The lowest BCUT2D eigenvalue weighted by atomic mass is 9.72. The summed E-state index contributed by atoms with van der Waals surface area (Å²) in [7, 11) is 0. The fourth-order valence-electron chi connectivity index (χ4n) is 4.70. The highest BCUT2D eigenvalue weighted by molar-refractivity contribution is 5.36. The molecule has 0 unspecified atom stereocenters. The van der Waals surface area contributed by atoms with Gasteiger partial charge in [-0.1, -0.05) is 104 Å². The minimum Gasteiger partial charge on any atom is -0.457 e. The molecule has 0 aliphatic carbocycles. The maximum absolute atomic E-state index is 5.79. The monoisotopic (exact) mass is 539 g/mol. The van der Waals surface area contributed by atoms with Gasteiger partial charge in [-0.05, 0) is 90.1 Å². The van der Waals surface area contributed by atoms with Gasteiger partial charge in [0, 0.05) is 12.3 Å². The second kappa shape index (κ2) is 14.2. The quantitative estimate of drug-likeness (QED) is 0.234. The number of pyridine rings is 1. The Morgan fingerprint density at radius 2 is 1.10 bits per heavy atom. The minimum atomic E-state index is 0. The third-order valence-electron chi connectivity index (χ3n) is 6.52. The van der Waals surface area contributed by atoms with Gasteiger partial charge in [0.25, 0.3) is 0 Å². The largest absolute Gasteiger partial charge is 0.457 e. The first-order chi connectivity index (χ1) is 18.3. The molecule has 1 heterocycles. The van der Waals surface area contributed by atoms with E-state index in [0.29, 0.717) is 17.2 Å². The zero-order chi connectivity index (χ0) is 28.6. The van der Waals surface area contributed by atoms with Crippen molar-refractivity contribution in [1.29, 1.82) is 0 Å². The molecule has 0 atom stereocenters. The molecule has 0 bridgehead atoms. The van der Waals surface area contributed by atoms with Gasteiger partial charge < -0.3 is 9.47 Å². The van der Waals surface area contributed by atoms with Gasteiger partial charge in [0.15, 0.2) is 0 Å². The highest BCUT2D eigenvalue weighted by atomic mass is 16.5. The Morgan fingerprint density at radius 3 is 1.57 bits per heavy atom. The van der Waals surface area contributed by atoms with Crippen LogP contribution in [0.15, 0.2) is 91.1 Å². The molecule has 0 spiro atoms. The summed E-state index contributed by atoms with van der Waals surface area (Å²) in [6.07, 6.45) is 2.95. The topological polar surface area (TPSA) is 31.4 Å². The number of aryl methyl sites for hydroxylation is 2. The third kappa shape index (κ3) is 10.5. The zero-order valence-electron chi connectivity index (χ0n) is 25.2. The SMILES string of the molecule is C.Cc1ccc(Oc2ccc(C(C)(C)CC(C)(C)C)cc2)nc1.Cc1ccc(Oc2ccc(C(C)C)cc2)cc1. The summed E-state index contributed by atoms with van der Waals surface area (Å²) in [6, 6.07) is 28.7. The second-order valence-corrected chi connectivity index (χ2v) is 12.6. The van der Waals surface area contributed by atoms with E-state index in [0.717, 1.165) is 29.2 Å². The van der Waals surface area contributed by atoms with Crippen LogP contribution in [0.1, 0.15) is 90.5 Å². The molecule has 214 valence electrons. The first-order valence-corrected chi connectivity index (χ1v) is 13.9. The maximum atomic E-state index is 5.79. The van der Waals surface area contributed by atoms with Crippen LogP contribution in [-0.4, -0.2) is 4.98 Å². The van der Waals surface area contributed by atoms with E-state index in [1.54, 1.807) is 0 Å².